The van der Waals surface area contributed by atoms with Crippen molar-refractivity contribution in [2.24, 2.45) is 5.92 Å². The summed E-state index contributed by atoms with van der Waals surface area (Å²) >= 11 is 0. The molecule has 0 unspecified atom stereocenters. The van der Waals surface area contributed by atoms with E-state index in [1.165, 1.54) is 32.1 Å². The molecule has 1 aliphatic carbocycles. The van der Waals surface area contributed by atoms with Crippen LogP contribution in [0.15, 0.2) is 29.1 Å². The first-order valence-corrected chi connectivity index (χ1v) is 8.46. The Morgan fingerprint density at radius 2 is 2.00 bits per heavy atom. The second-order valence-electron chi connectivity index (χ2n) is 6.36. The van der Waals surface area contributed by atoms with Gasteiger partial charge in [0.2, 0.25) is 0 Å². The van der Waals surface area contributed by atoms with Crippen molar-refractivity contribution in [3.05, 3.63) is 40.4 Å². The number of aromatic nitrogens is 2. The van der Waals surface area contributed by atoms with Crippen LogP contribution in [0.25, 0.3) is 10.9 Å². The van der Waals surface area contributed by atoms with Crippen LogP contribution >= 0.6 is 0 Å². The van der Waals surface area contributed by atoms with Crippen molar-refractivity contribution in [2.45, 2.75) is 45.6 Å². The highest BCUT2D eigenvalue weighted by Gasteiger charge is 2.17. The molecule has 0 amide bonds. The molecule has 0 spiro atoms. The van der Waals surface area contributed by atoms with Gasteiger partial charge in [-0.15, -0.1) is 0 Å². The summed E-state index contributed by atoms with van der Waals surface area (Å²) in [4.78, 5) is 22.1. The molecule has 22 heavy (non-hydrogen) atoms. The summed E-state index contributed by atoms with van der Waals surface area (Å²) in [5.41, 5.74) is 0.754. The van der Waals surface area contributed by atoms with Gasteiger partial charge < -0.3 is 4.98 Å². The van der Waals surface area contributed by atoms with Crippen molar-refractivity contribution < 1.29 is 0 Å². The third kappa shape index (κ3) is 3.55. The Bertz CT molecular complexity index is 673. The summed E-state index contributed by atoms with van der Waals surface area (Å²) in [6.07, 6.45) is 6.82. The largest absolute Gasteiger partial charge is 0.309 e. The van der Waals surface area contributed by atoms with E-state index < -0.39 is 0 Å². The SMILES string of the molecule is CCN(Cc1nc2ccccc2c(=O)[nH]1)CC1CCCCC1. The topological polar surface area (TPSA) is 49.0 Å². The Hall–Kier alpha value is -1.68. The van der Waals surface area contributed by atoms with Crippen molar-refractivity contribution in [1.82, 2.24) is 14.9 Å². The monoisotopic (exact) mass is 299 g/mol. The molecule has 0 saturated heterocycles. The van der Waals surface area contributed by atoms with Gasteiger partial charge in [0.1, 0.15) is 5.82 Å². The molecule has 1 heterocycles. The van der Waals surface area contributed by atoms with Crippen LogP contribution < -0.4 is 5.56 Å². The van der Waals surface area contributed by atoms with Crippen LogP contribution in [-0.4, -0.2) is 28.0 Å². The van der Waals surface area contributed by atoms with Crippen molar-refractivity contribution in [1.29, 1.82) is 0 Å². The number of H-pyrrole nitrogens is 1. The van der Waals surface area contributed by atoms with E-state index in [9.17, 15) is 4.79 Å². The van der Waals surface area contributed by atoms with E-state index in [-0.39, 0.29) is 5.56 Å². The Balaban J connectivity index is 1.74. The van der Waals surface area contributed by atoms with Gasteiger partial charge in [0.25, 0.3) is 5.56 Å². The van der Waals surface area contributed by atoms with Crippen LogP contribution in [0.3, 0.4) is 0 Å². The third-order valence-electron chi connectivity index (χ3n) is 4.72. The van der Waals surface area contributed by atoms with E-state index in [4.69, 9.17) is 0 Å². The van der Waals surface area contributed by atoms with Crippen LogP contribution in [0.1, 0.15) is 44.9 Å². The molecule has 4 heteroatoms. The minimum absolute atomic E-state index is 0.0330. The summed E-state index contributed by atoms with van der Waals surface area (Å²) in [5, 5.41) is 0.668. The molecule has 0 aliphatic heterocycles. The maximum Gasteiger partial charge on any atom is 0.258 e. The fourth-order valence-electron chi connectivity index (χ4n) is 3.46. The van der Waals surface area contributed by atoms with Gasteiger partial charge in [-0.25, -0.2) is 4.98 Å². The van der Waals surface area contributed by atoms with Crippen LogP contribution in [0.5, 0.6) is 0 Å². The van der Waals surface area contributed by atoms with E-state index in [2.05, 4.69) is 21.8 Å². The van der Waals surface area contributed by atoms with Gasteiger partial charge in [0.05, 0.1) is 17.4 Å². The third-order valence-corrected chi connectivity index (χ3v) is 4.72. The zero-order chi connectivity index (χ0) is 15.4. The number of fused-ring (bicyclic) bond motifs is 1. The molecule has 4 nitrogen and oxygen atoms in total. The minimum Gasteiger partial charge on any atom is -0.309 e. The minimum atomic E-state index is -0.0330. The fraction of sp³-hybridized carbons (Fsp3) is 0.556. The predicted molar refractivity (Wildman–Crippen MR) is 89.9 cm³/mol. The van der Waals surface area contributed by atoms with Gasteiger partial charge in [0, 0.05) is 6.54 Å². The Kier molecular flexibility index (Phi) is 4.88. The quantitative estimate of drug-likeness (QED) is 0.921. The predicted octanol–water partition coefficient (Wildman–Crippen LogP) is 3.33. The standard InChI is InChI=1S/C18H25N3O/c1-2-21(12-14-8-4-3-5-9-14)13-17-19-16-11-7-6-10-15(16)18(22)20-17/h6-7,10-11,14H,2-5,8-9,12-13H2,1H3,(H,19,20,22). The highest BCUT2D eigenvalue weighted by atomic mass is 16.1. The molecule has 0 bridgehead atoms. The highest BCUT2D eigenvalue weighted by molar-refractivity contribution is 5.77. The molecule has 1 aromatic carbocycles. The second kappa shape index (κ2) is 7.05. The average molecular weight is 299 g/mol. The van der Waals surface area contributed by atoms with Gasteiger partial charge in [-0.1, -0.05) is 38.3 Å². The van der Waals surface area contributed by atoms with Crippen LogP contribution in [0.2, 0.25) is 0 Å². The Morgan fingerprint density at radius 1 is 1.23 bits per heavy atom. The molecule has 118 valence electrons. The van der Waals surface area contributed by atoms with E-state index in [0.717, 1.165) is 36.9 Å². The Morgan fingerprint density at radius 3 is 2.77 bits per heavy atom. The summed E-state index contributed by atoms with van der Waals surface area (Å²) in [7, 11) is 0. The van der Waals surface area contributed by atoms with Crippen molar-refractivity contribution in [2.75, 3.05) is 13.1 Å². The van der Waals surface area contributed by atoms with Crippen LogP contribution in [0.4, 0.5) is 0 Å². The van der Waals surface area contributed by atoms with Gasteiger partial charge in [-0.3, -0.25) is 9.69 Å². The van der Waals surface area contributed by atoms with E-state index >= 15 is 0 Å². The maximum absolute atomic E-state index is 12.1. The molecular weight excluding hydrogens is 274 g/mol. The molecule has 1 fully saturated rings. The van der Waals surface area contributed by atoms with Crippen molar-refractivity contribution in [3.63, 3.8) is 0 Å². The molecule has 1 aromatic heterocycles. The number of para-hydroxylation sites is 1. The lowest BCUT2D eigenvalue weighted by Crippen LogP contribution is -2.31. The van der Waals surface area contributed by atoms with Gasteiger partial charge in [-0.2, -0.15) is 0 Å². The zero-order valence-corrected chi connectivity index (χ0v) is 13.3. The smallest absolute Gasteiger partial charge is 0.258 e. The number of benzene rings is 1. The molecule has 0 atom stereocenters. The molecule has 1 saturated carbocycles. The summed E-state index contributed by atoms with van der Waals surface area (Å²) in [6, 6.07) is 7.54. The first-order valence-electron chi connectivity index (χ1n) is 8.46. The Labute approximate surface area is 131 Å². The molecule has 1 aliphatic rings. The van der Waals surface area contributed by atoms with E-state index in [0.29, 0.717) is 5.39 Å². The number of nitrogens with one attached hydrogen (secondary N) is 1. The van der Waals surface area contributed by atoms with Crippen molar-refractivity contribution >= 4 is 10.9 Å². The lowest BCUT2D eigenvalue weighted by molar-refractivity contribution is 0.198. The average Bonchev–Trinajstić information content (AvgIpc) is 2.55. The number of nitrogens with zero attached hydrogens (tertiary/aromatic N) is 2. The van der Waals surface area contributed by atoms with Gasteiger partial charge in [-0.05, 0) is 37.4 Å². The van der Waals surface area contributed by atoms with E-state index in [1.807, 2.05) is 24.3 Å². The number of aromatic amines is 1. The lowest BCUT2D eigenvalue weighted by Gasteiger charge is -2.28. The fourth-order valence-corrected chi connectivity index (χ4v) is 3.46. The molecular formula is C18H25N3O. The van der Waals surface area contributed by atoms with Crippen molar-refractivity contribution in [3.8, 4) is 0 Å². The zero-order valence-electron chi connectivity index (χ0n) is 13.3. The second-order valence-corrected chi connectivity index (χ2v) is 6.36. The lowest BCUT2D eigenvalue weighted by atomic mass is 9.89. The summed E-state index contributed by atoms with van der Waals surface area (Å²) < 4.78 is 0. The number of hydrogen-bond donors (Lipinski definition) is 1. The van der Waals surface area contributed by atoms with Crippen LogP contribution in [0, 0.1) is 5.92 Å². The normalized spacial score (nSPS) is 16.5. The van der Waals surface area contributed by atoms with Crippen LogP contribution in [-0.2, 0) is 6.54 Å². The molecule has 2 aromatic rings. The highest BCUT2D eigenvalue weighted by Crippen LogP contribution is 2.24. The molecule has 3 rings (SSSR count). The first-order chi connectivity index (χ1) is 10.8. The molecule has 1 N–H and O–H groups in total. The summed E-state index contributed by atoms with van der Waals surface area (Å²) in [5.74, 6) is 1.59. The number of hydrogen-bond acceptors (Lipinski definition) is 3. The number of rotatable bonds is 5. The van der Waals surface area contributed by atoms with Gasteiger partial charge in [0.15, 0.2) is 0 Å². The molecule has 0 radical (unpaired) electrons. The maximum atomic E-state index is 12.1. The first kappa shape index (κ1) is 15.2. The van der Waals surface area contributed by atoms with E-state index in [1.54, 1.807) is 0 Å². The van der Waals surface area contributed by atoms with Gasteiger partial charge >= 0.3 is 0 Å². The summed E-state index contributed by atoms with van der Waals surface area (Å²) in [6.45, 7) is 5.02.